The Morgan fingerprint density at radius 1 is 1.12 bits per heavy atom. The van der Waals surface area contributed by atoms with Crippen LogP contribution >= 0.6 is 11.6 Å². The number of aromatic carboxylic acids is 1. The van der Waals surface area contributed by atoms with Gasteiger partial charge in [0.1, 0.15) is 17.1 Å². The first-order valence-corrected chi connectivity index (χ1v) is 10.6. The molecular weight excluding hydrogens is 471 g/mol. The van der Waals surface area contributed by atoms with Crippen LogP contribution in [0, 0.1) is 5.82 Å². The fourth-order valence-electron chi connectivity index (χ4n) is 2.04. The van der Waals surface area contributed by atoms with Crippen LogP contribution in [0.3, 0.4) is 0 Å². The van der Waals surface area contributed by atoms with Crippen LogP contribution in [0.1, 0.15) is 20.7 Å². The number of hydrogen-bond donors (Lipinski definition) is 2. The Labute approximate surface area is 185 Å². The Kier molecular flexibility index (Phi) is 8.18. The smallest absolute Gasteiger partial charge is 0.372 e. The van der Waals surface area contributed by atoms with Gasteiger partial charge in [-0.05, 0) is 42.5 Å². The Hall–Kier alpha value is -3.61. The zero-order chi connectivity index (χ0) is 23.9. The molecule has 1 heterocycles. The maximum atomic E-state index is 12.8. The van der Waals surface area contributed by atoms with Crippen molar-refractivity contribution < 1.29 is 42.4 Å². The standard InChI is InChI=1S/C12H9FN2O5S.C7H5ClO3/c1-21(18,19)12-14-6-9(11(16)17)10(15-12)20-8-4-2-7(13)3-5-8;8-6-3-1-2-5(4-6)7(9)11-10/h2-6H,1H3,(H,16,17);1-4,10H. The van der Waals surface area contributed by atoms with Gasteiger partial charge in [0.25, 0.3) is 0 Å². The zero-order valence-electron chi connectivity index (χ0n) is 16.1. The van der Waals surface area contributed by atoms with Crippen LogP contribution < -0.4 is 4.74 Å². The summed E-state index contributed by atoms with van der Waals surface area (Å²) in [5.74, 6) is -3.03. The topological polar surface area (TPSA) is 153 Å². The molecular formula is C19H14ClFN2O8S. The van der Waals surface area contributed by atoms with Crippen LogP contribution in [0.4, 0.5) is 4.39 Å². The van der Waals surface area contributed by atoms with E-state index in [0.717, 1.165) is 24.6 Å². The van der Waals surface area contributed by atoms with E-state index in [-0.39, 0.29) is 11.3 Å². The van der Waals surface area contributed by atoms with Crippen molar-refractivity contribution >= 4 is 33.4 Å². The average molecular weight is 485 g/mol. The molecule has 1 aromatic heterocycles. The van der Waals surface area contributed by atoms with E-state index < -0.39 is 44.2 Å². The minimum atomic E-state index is -3.72. The summed E-state index contributed by atoms with van der Waals surface area (Å²) in [5.41, 5.74) is -0.188. The molecule has 0 radical (unpaired) electrons. The van der Waals surface area contributed by atoms with E-state index in [0.29, 0.717) is 5.02 Å². The van der Waals surface area contributed by atoms with Crippen molar-refractivity contribution in [2.75, 3.05) is 6.26 Å². The van der Waals surface area contributed by atoms with E-state index >= 15 is 0 Å². The molecule has 0 aliphatic heterocycles. The molecule has 13 heteroatoms. The van der Waals surface area contributed by atoms with Gasteiger partial charge >= 0.3 is 11.9 Å². The third kappa shape index (κ3) is 6.97. The highest BCUT2D eigenvalue weighted by Gasteiger charge is 2.20. The molecule has 3 aromatic rings. The minimum absolute atomic E-state index is 0.108. The fraction of sp³-hybridized carbons (Fsp3) is 0.0526. The number of carbonyl (C=O) groups is 2. The van der Waals surface area contributed by atoms with Gasteiger partial charge in [0.05, 0.1) is 11.8 Å². The van der Waals surface area contributed by atoms with Crippen molar-refractivity contribution in [2.45, 2.75) is 5.16 Å². The molecule has 0 unspecified atom stereocenters. The number of nitrogens with zero attached hydrogens (tertiary/aromatic N) is 2. The lowest BCUT2D eigenvalue weighted by Crippen LogP contribution is -2.09. The van der Waals surface area contributed by atoms with E-state index in [1.807, 2.05) is 0 Å². The predicted molar refractivity (Wildman–Crippen MR) is 108 cm³/mol. The number of hydrogen-bond acceptors (Lipinski definition) is 9. The van der Waals surface area contributed by atoms with Crippen molar-refractivity contribution in [3.05, 3.63) is 76.7 Å². The molecule has 10 nitrogen and oxygen atoms in total. The number of sulfone groups is 1. The van der Waals surface area contributed by atoms with E-state index in [2.05, 4.69) is 14.9 Å². The van der Waals surface area contributed by atoms with Gasteiger partial charge in [0.2, 0.25) is 20.9 Å². The van der Waals surface area contributed by atoms with Crippen molar-refractivity contribution in [1.29, 1.82) is 0 Å². The van der Waals surface area contributed by atoms with Crippen LogP contribution in [0.25, 0.3) is 0 Å². The summed E-state index contributed by atoms with van der Waals surface area (Å²) in [6.45, 7) is 0. The normalized spacial score (nSPS) is 10.5. The Morgan fingerprint density at radius 3 is 2.31 bits per heavy atom. The number of carbonyl (C=O) groups excluding carboxylic acids is 1. The molecule has 0 aliphatic rings. The van der Waals surface area contributed by atoms with Crippen molar-refractivity contribution in [2.24, 2.45) is 0 Å². The van der Waals surface area contributed by atoms with E-state index in [1.54, 1.807) is 12.1 Å². The molecule has 2 N–H and O–H groups in total. The highest BCUT2D eigenvalue weighted by molar-refractivity contribution is 7.90. The maximum absolute atomic E-state index is 12.8. The molecule has 32 heavy (non-hydrogen) atoms. The van der Waals surface area contributed by atoms with Gasteiger partial charge in [0, 0.05) is 11.3 Å². The number of aromatic nitrogens is 2. The Bertz CT molecular complexity index is 1240. The number of halogens is 2. The third-order valence-corrected chi connectivity index (χ3v) is 4.56. The fourth-order valence-corrected chi connectivity index (χ4v) is 2.72. The minimum Gasteiger partial charge on any atom is -0.477 e. The predicted octanol–water partition coefficient (Wildman–Crippen LogP) is 3.48. The lowest BCUT2D eigenvalue weighted by molar-refractivity contribution is -0.182. The summed E-state index contributed by atoms with van der Waals surface area (Å²) in [6, 6.07) is 10.8. The molecule has 0 saturated heterocycles. The lowest BCUT2D eigenvalue weighted by Gasteiger charge is -2.08. The van der Waals surface area contributed by atoms with Crippen molar-refractivity contribution in [3.63, 3.8) is 0 Å². The van der Waals surface area contributed by atoms with Gasteiger partial charge in [-0.2, -0.15) is 10.2 Å². The maximum Gasteiger partial charge on any atom is 0.372 e. The van der Waals surface area contributed by atoms with Crippen LogP contribution in [0.2, 0.25) is 5.02 Å². The molecule has 0 fully saturated rings. The summed E-state index contributed by atoms with van der Waals surface area (Å²) in [5, 5.41) is 16.9. The summed E-state index contributed by atoms with van der Waals surface area (Å²) in [7, 11) is -3.72. The molecule has 0 bridgehead atoms. The second-order valence-corrected chi connectivity index (χ2v) is 8.24. The molecule has 2 aromatic carbocycles. The summed E-state index contributed by atoms with van der Waals surface area (Å²) in [4.78, 5) is 32.2. The molecule has 3 rings (SSSR count). The van der Waals surface area contributed by atoms with Gasteiger partial charge in [-0.3, -0.25) is 4.89 Å². The number of benzene rings is 2. The van der Waals surface area contributed by atoms with Gasteiger partial charge in [-0.1, -0.05) is 17.7 Å². The SMILES string of the molecule is CS(=O)(=O)c1ncc(C(=O)O)c(Oc2ccc(F)cc2)n1.O=C(OO)c1cccc(Cl)c1. The average Bonchev–Trinajstić information content (AvgIpc) is 2.74. The van der Waals surface area contributed by atoms with Crippen LogP contribution in [-0.2, 0) is 14.7 Å². The van der Waals surface area contributed by atoms with Gasteiger partial charge in [0.15, 0.2) is 0 Å². The number of carboxylic acids is 1. The monoisotopic (exact) mass is 484 g/mol. The molecule has 0 spiro atoms. The second-order valence-electron chi connectivity index (χ2n) is 5.89. The van der Waals surface area contributed by atoms with Crippen molar-refractivity contribution in [3.8, 4) is 11.6 Å². The first-order valence-electron chi connectivity index (χ1n) is 8.36. The van der Waals surface area contributed by atoms with Crippen LogP contribution in [-0.4, -0.2) is 46.9 Å². The molecule has 0 amide bonds. The second kappa shape index (κ2) is 10.6. The molecule has 0 atom stereocenters. The summed E-state index contributed by atoms with van der Waals surface area (Å²) in [6.07, 6.45) is 1.72. The molecule has 0 aliphatic carbocycles. The van der Waals surface area contributed by atoms with E-state index in [9.17, 15) is 22.4 Å². The number of carboxylic acid groups (broad SMARTS) is 1. The highest BCUT2D eigenvalue weighted by Crippen LogP contribution is 2.24. The highest BCUT2D eigenvalue weighted by atomic mass is 35.5. The summed E-state index contributed by atoms with van der Waals surface area (Å²) < 4.78 is 40.8. The first-order chi connectivity index (χ1) is 15.0. The van der Waals surface area contributed by atoms with Gasteiger partial charge < -0.3 is 9.84 Å². The van der Waals surface area contributed by atoms with Crippen LogP contribution in [0.15, 0.2) is 59.9 Å². The number of rotatable bonds is 5. The quantitative estimate of drug-likeness (QED) is 0.312. The largest absolute Gasteiger partial charge is 0.477 e. The van der Waals surface area contributed by atoms with E-state index in [4.69, 9.17) is 26.7 Å². The lowest BCUT2D eigenvalue weighted by atomic mass is 10.2. The van der Waals surface area contributed by atoms with E-state index in [1.165, 1.54) is 24.3 Å². The molecule has 168 valence electrons. The summed E-state index contributed by atoms with van der Waals surface area (Å²) >= 11 is 5.56. The third-order valence-electron chi connectivity index (χ3n) is 3.47. The Morgan fingerprint density at radius 2 is 1.78 bits per heavy atom. The first kappa shape index (κ1) is 24.7. The zero-order valence-corrected chi connectivity index (χ0v) is 17.7. The molecule has 0 saturated carbocycles. The van der Waals surface area contributed by atoms with Gasteiger partial charge in [-0.25, -0.2) is 27.4 Å². The Balaban J connectivity index is 0.000000278. The van der Waals surface area contributed by atoms with Crippen molar-refractivity contribution in [1.82, 2.24) is 9.97 Å². The number of ether oxygens (including phenoxy) is 1. The van der Waals surface area contributed by atoms with Gasteiger partial charge in [-0.15, -0.1) is 0 Å². The van der Waals surface area contributed by atoms with Crippen LogP contribution in [0.5, 0.6) is 11.6 Å².